The Morgan fingerprint density at radius 2 is 2.00 bits per heavy atom. The van der Waals surface area contributed by atoms with E-state index in [1.54, 1.807) is 28.0 Å². The third kappa shape index (κ3) is 2.96. The fourth-order valence-corrected chi connectivity index (χ4v) is 1.76. The number of nitrogens with zero attached hydrogens (tertiary/aromatic N) is 7. The van der Waals surface area contributed by atoms with Crippen LogP contribution in [0.4, 0.5) is 17.6 Å². The predicted molar refractivity (Wildman–Crippen MR) is 77.6 cm³/mol. The lowest BCUT2D eigenvalue weighted by molar-refractivity contribution is 0.768. The van der Waals surface area contributed by atoms with Crippen LogP contribution in [-0.2, 0) is 7.05 Å². The monoisotopic (exact) mass is 285 g/mol. The van der Waals surface area contributed by atoms with Crippen LogP contribution in [0.15, 0.2) is 30.9 Å². The van der Waals surface area contributed by atoms with Crippen molar-refractivity contribution in [3.05, 3.63) is 30.9 Å². The van der Waals surface area contributed by atoms with Crippen LogP contribution in [0.5, 0.6) is 0 Å². The Labute approximate surface area is 121 Å². The highest BCUT2D eigenvalue weighted by molar-refractivity contribution is 5.52. The molecule has 3 aromatic heterocycles. The first-order chi connectivity index (χ1) is 10.2. The van der Waals surface area contributed by atoms with Crippen LogP contribution in [0.2, 0.25) is 0 Å². The molecule has 9 nitrogen and oxygen atoms in total. The maximum absolute atomic E-state index is 4.35. The van der Waals surface area contributed by atoms with E-state index in [2.05, 4.69) is 35.8 Å². The van der Waals surface area contributed by atoms with Crippen LogP contribution in [0.25, 0.3) is 5.95 Å². The SMILES string of the molecule is CCNc1nc(Nc2cnn(C)c2)nc(-n2cccn2)n1. The molecular weight excluding hydrogens is 270 g/mol. The first-order valence-electron chi connectivity index (χ1n) is 6.50. The minimum Gasteiger partial charge on any atom is -0.354 e. The Morgan fingerprint density at radius 1 is 1.14 bits per heavy atom. The molecule has 0 amide bonds. The molecule has 3 aromatic rings. The lowest BCUT2D eigenvalue weighted by Crippen LogP contribution is -2.11. The topological polar surface area (TPSA) is 98.4 Å². The van der Waals surface area contributed by atoms with E-state index in [0.29, 0.717) is 17.8 Å². The van der Waals surface area contributed by atoms with Gasteiger partial charge < -0.3 is 10.6 Å². The summed E-state index contributed by atoms with van der Waals surface area (Å²) < 4.78 is 3.28. The number of rotatable bonds is 5. The fourth-order valence-electron chi connectivity index (χ4n) is 1.76. The highest BCUT2D eigenvalue weighted by Gasteiger charge is 2.09. The number of hydrogen-bond acceptors (Lipinski definition) is 7. The van der Waals surface area contributed by atoms with Gasteiger partial charge in [-0.2, -0.15) is 25.1 Å². The van der Waals surface area contributed by atoms with E-state index in [0.717, 1.165) is 12.2 Å². The molecule has 0 radical (unpaired) electrons. The molecule has 0 aliphatic carbocycles. The molecule has 0 fully saturated rings. The average molecular weight is 285 g/mol. The third-order valence-electron chi connectivity index (χ3n) is 2.63. The van der Waals surface area contributed by atoms with Gasteiger partial charge in [0.1, 0.15) is 0 Å². The van der Waals surface area contributed by atoms with Crippen LogP contribution < -0.4 is 10.6 Å². The second-order valence-corrected chi connectivity index (χ2v) is 4.29. The van der Waals surface area contributed by atoms with Crippen molar-refractivity contribution in [1.29, 1.82) is 0 Å². The molecule has 0 aliphatic heterocycles. The number of anilines is 3. The highest BCUT2D eigenvalue weighted by Crippen LogP contribution is 2.14. The van der Waals surface area contributed by atoms with Crippen LogP contribution >= 0.6 is 0 Å². The van der Waals surface area contributed by atoms with Gasteiger partial charge in [0.05, 0.1) is 11.9 Å². The molecule has 2 N–H and O–H groups in total. The fraction of sp³-hybridized carbons (Fsp3) is 0.250. The van der Waals surface area contributed by atoms with Crippen molar-refractivity contribution in [3.63, 3.8) is 0 Å². The lowest BCUT2D eigenvalue weighted by Gasteiger charge is -2.08. The standard InChI is InChI=1S/C12H15N9/c1-3-13-10-17-11(16-9-7-15-20(2)8-9)19-12(18-10)21-6-4-5-14-21/h4-8H,3H2,1-2H3,(H2,13,16,17,18,19). The van der Waals surface area contributed by atoms with Crippen molar-refractivity contribution < 1.29 is 0 Å². The molecule has 0 unspecified atom stereocenters. The van der Waals surface area contributed by atoms with Crippen molar-refractivity contribution in [2.24, 2.45) is 7.05 Å². The van der Waals surface area contributed by atoms with Crippen molar-refractivity contribution in [3.8, 4) is 5.95 Å². The number of aryl methyl sites for hydroxylation is 1. The summed E-state index contributed by atoms with van der Waals surface area (Å²) in [5.41, 5.74) is 0.803. The second kappa shape index (κ2) is 5.57. The van der Waals surface area contributed by atoms with Gasteiger partial charge in [-0.15, -0.1) is 0 Å². The van der Waals surface area contributed by atoms with Crippen LogP contribution in [0.1, 0.15) is 6.92 Å². The molecule has 9 heteroatoms. The number of aromatic nitrogens is 7. The Kier molecular flexibility index (Phi) is 3.46. The van der Waals surface area contributed by atoms with Gasteiger partial charge in [0, 0.05) is 32.2 Å². The van der Waals surface area contributed by atoms with E-state index in [1.165, 1.54) is 0 Å². The van der Waals surface area contributed by atoms with Crippen LogP contribution in [-0.4, -0.2) is 41.1 Å². The first-order valence-corrected chi connectivity index (χ1v) is 6.50. The van der Waals surface area contributed by atoms with Gasteiger partial charge in [0.25, 0.3) is 5.95 Å². The van der Waals surface area contributed by atoms with Crippen LogP contribution in [0.3, 0.4) is 0 Å². The minimum atomic E-state index is 0.430. The van der Waals surface area contributed by atoms with E-state index in [1.807, 2.05) is 26.2 Å². The second-order valence-electron chi connectivity index (χ2n) is 4.29. The zero-order chi connectivity index (χ0) is 14.7. The molecule has 0 saturated carbocycles. The average Bonchev–Trinajstić information content (AvgIpc) is 3.11. The maximum Gasteiger partial charge on any atom is 0.257 e. The van der Waals surface area contributed by atoms with Gasteiger partial charge in [0.15, 0.2) is 0 Å². The Hall–Kier alpha value is -2.97. The molecule has 0 bridgehead atoms. The summed E-state index contributed by atoms with van der Waals surface area (Å²) in [6.07, 6.45) is 6.98. The molecule has 0 spiro atoms. The molecule has 0 aliphatic rings. The molecule has 3 heterocycles. The highest BCUT2D eigenvalue weighted by atomic mass is 15.4. The van der Waals surface area contributed by atoms with Gasteiger partial charge >= 0.3 is 0 Å². The molecule has 0 saturated heterocycles. The number of nitrogens with one attached hydrogen (secondary N) is 2. The smallest absolute Gasteiger partial charge is 0.257 e. The minimum absolute atomic E-state index is 0.430. The molecule has 0 aromatic carbocycles. The zero-order valence-corrected chi connectivity index (χ0v) is 11.7. The largest absolute Gasteiger partial charge is 0.354 e. The van der Waals surface area contributed by atoms with Gasteiger partial charge in [0.2, 0.25) is 11.9 Å². The molecule has 0 atom stereocenters. The van der Waals surface area contributed by atoms with Gasteiger partial charge in [-0.05, 0) is 13.0 Å². The summed E-state index contributed by atoms with van der Waals surface area (Å²) in [6, 6.07) is 1.81. The van der Waals surface area contributed by atoms with Crippen molar-refractivity contribution in [2.75, 3.05) is 17.2 Å². The summed E-state index contributed by atoms with van der Waals surface area (Å²) in [6.45, 7) is 2.69. The Bertz CT molecular complexity index is 716. The molecule has 3 rings (SSSR count). The summed E-state index contributed by atoms with van der Waals surface area (Å²) in [7, 11) is 1.85. The quantitative estimate of drug-likeness (QED) is 0.720. The number of hydrogen-bond donors (Lipinski definition) is 2. The molecular formula is C12H15N9. The zero-order valence-electron chi connectivity index (χ0n) is 11.7. The first kappa shape index (κ1) is 13.0. The molecule has 108 valence electrons. The third-order valence-corrected chi connectivity index (χ3v) is 2.63. The normalized spacial score (nSPS) is 10.6. The van der Waals surface area contributed by atoms with E-state index in [4.69, 9.17) is 0 Å². The Balaban J connectivity index is 1.95. The summed E-state index contributed by atoms with van der Waals surface area (Å²) in [4.78, 5) is 13.0. The summed E-state index contributed by atoms with van der Waals surface area (Å²) in [5.74, 6) is 1.36. The van der Waals surface area contributed by atoms with E-state index in [9.17, 15) is 0 Å². The van der Waals surface area contributed by atoms with Crippen molar-refractivity contribution in [1.82, 2.24) is 34.5 Å². The van der Waals surface area contributed by atoms with E-state index >= 15 is 0 Å². The van der Waals surface area contributed by atoms with Gasteiger partial charge in [-0.25, -0.2) is 4.68 Å². The lowest BCUT2D eigenvalue weighted by atomic mass is 10.6. The van der Waals surface area contributed by atoms with Gasteiger partial charge in [-0.1, -0.05) is 0 Å². The summed E-state index contributed by atoms with van der Waals surface area (Å²) in [5, 5.41) is 14.4. The van der Waals surface area contributed by atoms with Gasteiger partial charge in [-0.3, -0.25) is 4.68 Å². The summed E-state index contributed by atoms with van der Waals surface area (Å²) >= 11 is 0. The van der Waals surface area contributed by atoms with E-state index in [-0.39, 0.29) is 0 Å². The maximum atomic E-state index is 4.35. The van der Waals surface area contributed by atoms with E-state index < -0.39 is 0 Å². The van der Waals surface area contributed by atoms with Crippen molar-refractivity contribution >= 4 is 17.6 Å². The Morgan fingerprint density at radius 3 is 2.67 bits per heavy atom. The predicted octanol–water partition coefficient (Wildman–Crippen LogP) is 0.966. The molecule has 21 heavy (non-hydrogen) atoms. The van der Waals surface area contributed by atoms with Crippen molar-refractivity contribution in [2.45, 2.75) is 6.92 Å². The van der Waals surface area contributed by atoms with Crippen LogP contribution in [0, 0.1) is 0 Å².